The maximum Gasteiger partial charge on any atom is 0.328 e. The second-order valence-corrected chi connectivity index (χ2v) is 5.24. The lowest BCUT2D eigenvalue weighted by molar-refractivity contribution is -0.147. The molecule has 1 amide bonds. The molecule has 1 heterocycles. The summed E-state index contributed by atoms with van der Waals surface area (Å²) in [6.45, 7) is 2.49. The zero-order valence-electron chi connectivity index (χ0n) is 12.7. The average molecular weight is 291 g/mol. The van der Waals surface area contributed by atoms with Crippen LogP contribution in [0, 0.1) is 6.92 Å². The number of esters is 1. The maximum atomic E-state index is 12.8. The molecule has 2 rings (SSSR count). The molecule has 1 aliphatic rings. The minimum absolute atomic E-state index is 0.175. The number of nitrogens with zero attached hydrogens (tertiary/aromatic N) is 1. The van der Waals surface area contributed by atoms with Crippen molar-refractivity contribution < 1.29 is 19.1 Å². The first-order chi connectivity index (χ1) is 10.1. The Bertz CT molecular complexity index is 541. The van der Waals surface area contributed by atoms with E-state index in [0.717, 1.165) is 18.4 Å². The number of carbonyl (C=O) groups is 2. The SMILES string of the molecule is COC(=O)C1CCCCN1C(=O)c1cc(C)ccc1OC. The quantitative estimate of drug-likeness (QED) is 0.801. The number of carbonyl (C=O) groups excluding carboxylic acids is 2. The Hall–Kier alpha value is -2.04. The lowest BCUT2D eigenvalue weighted by atomic mass is 10.00. The Morgan fingerprint density at radius 3 is 2.67 bits per heavy atom. The molecule has 1 saturated heterocycles. The molecule has 0 aliphatic carbocycles. The Kier molecular flexibility index (Phi) is 4.83. The predicted molar refractivity (Wildman–Crippen MR) is 78.4 cm³/mol. The van der Waals surface area contributed by atoms with Crippen LogP contribution in [-0.2, 0) is 9.53 Å². The van der Waals surface area contributed by atoms with Gasteiger partial charge in [0.1, 0.15) is 11.8 Å². The van der Waals surface area contributed by atoms with E-state index in [-0.39, 0.29) is 11.9 Å². The van der Waals surface area contributed by atoms with Crippen LogP contribution in [0.3, 0.4) is 0 Å². The highest BCUT2D eigenvalue weighted by atomic mass is 16.5. The van der Waals surface area contributed by atoms with Crippen molar-refractivity contribution in [2.45, 2.75) is 32.2 Å². The summed E-state index contributed by atoms with van der Waals surface area (Å²) in [5.41, 5.74) is 1.47. The molecule has 5 heteroatoms. The van der Waals surface area contributed by atoms with E-state index in [1.54, 1.807) is 17.0 Å². The summed E-state index contributed by atoms with van der Waals surface area (Å²) in [7, 11) is 2.89. The Labute approximate surface area is 124 Å². The van der Waals surface area contributed by atoms with Crippen molar-refractivity contribution in [1.82, 2.24) is 4.90 Å². The van der Waals surface area contributed by atoms with E-state index in [1.807, 2.05) is 13.0 Å². The van der Waals surface area contributed by atoms with Gasteiger partial charge in [-0.1, -0.05) is 11.6 Å². The van der Waals surface area contributed by atoms with Crippen LogP contribution in [0.15, 0.2) is 18.2 Å². The lowest BCUT2D eigenvalue weighted by Crippen LogP contribution is -2.48. The summed E-state index contributed by atoms with van der Waals surface area (Å²) in [5.74, 6) is 0.000101. The number of methoxy groups -OCH3 is 2. The molecule has 0 aromatic heterocycles. The van der Waals surface area contributed by atoms with Crippen LogP contribution in [-0.4, -0.2) is 43.6 Å². The normalized spacial score (nSPS) is 18.2. The van der Waals surface area contributed by atoms with Crippen molar-refractivity contribution in [1.29, 1.82) is 0 Å². The highest BCUT2D eigenvalue weighted by Gasteiger charge is 2.34. The Morgan fingerprint density at radius 1 is 1.24 bits per heavy atom. The summed E-state index contributed by atoms with van der Waals surface area (Å²) in [5, 5.41) is 0. The third-order valence-electron chi connectivity index (χ3n) is 3.82. The van der Waals surface area contributed by atoms with Crippen LogP contribution >= 0.6 is 0 Å². The van der Waals surface area contributed by atoms with Gasteiger partial charge in [-0.05, 0) is 38.3 Å². The van der Waals surface area contributed by atoms with Gasteiger partial charge in [-0.2, -0.15) is 0 Å². The molecule has 1 fully saturated rings. The highest BCUT2D eigenvalue weighted by molar-refractivity contribution is 5.99. The molecule has 5 nitrogen and oxygen atoms in total. The summed E-state index contributed by atoms with van der Waals surface area (Å²) >= 11 is 0. The van der Waals surface area contributed by atoms with Gasteiger partial charge in [0.05, 0.1) is 19.8 Å². The summed E-state index contributed by atoms with van der Waals surface area (Å²) in [6.07, 6.45) is 2.47. The third-order valence-corrected chi connectivity index (χ3v) is 3.82. The van der Waals surface area contributed by atoms with Crippen LogP contribution in [0.25, 0.3) is 0 Å². The van der Waals surface area contributed by atoms with Gasteiger partial charge in [0, 0.05) is 6.54 Å². The van der Waals surface area contributed by atoms with E-state index in [9.17, 15) is 9.59 Å². The molecule has 0 spiro atoms. The topological polar surface area (TPSA) is 55.8 Å². The van der Waals surface area contributed by atoms with Crippen molar-refractivity contribution in [2.75, 3.05) is 20.8 Å². The zero-order valence-corrected chi connectivity index (χ0v) is 12.7. The first kappa shape index (κ1) is 15.4. The standard InChI is InChI=1S/C16H21NO4/c1-11-7-8-14(20-2)12(10-11)15(18)17-9-5-4-6-13(17)16(19)21-3/h7-8,10,13H,4-6,9H2,1-3H3. The van der Waals surface area contributed by atoms with E-state index in [0.29, 0.717) is 24.3 Å². The van der Waals surface area contributed by atoms with Crippen LogP contribution in [0.4, 0.5) is 0 Å². The summed E-state index contributed by atoms with van der Waals surface area (Å²) in [4.78, 5) is 26.3. The first-order valence-electron chi connectivity index (χ1n) is 7.12. The van der Waals surface area contributed by atoms with Gasteiger partial charge < -0.3 is 14.4 Å². The van der Waals surface area contributed by atoms with E-state index in [1.165, 1.54) is 14.2 Å². The molecule has 1 atom stereocenters. The average Bonchev–Trinajstić information content (AvgIpc) is 2.53. The molecule has 1 aromatic rings. The molecule has 1 aliphatic heterocycles. The number of ether oxygens (including phenoxy) is 2. The number of hydrogen-bond donors (Lipinski definition) is 0. The molecule has 0 bridgehead atoms. The van der Waals surface area contributed by atoms with Crippen molar-refractivity contribution in [3.8, 4) is 5.75 Å². The number of rotatable bonds is 3. The number of amides is 1. The molecule has 1 unspecified atom stereocenters. The lowest BCUT2D eigenvalue weighted by Gasteiger charge is -2.34. The number of likely N-dealkylation sites (tertiary alicyclic amines) is 1. The van der Waals surface area contributed by atoms with Crippen LogP contribution in [0.5, 0.6) is 5.75 Å². The van der Waals surface area contributed by atoms with Crippen molar-refractivity contribution in [3.63, 3.8) is 0 Å². The number of benzene rings is 1. The monoisotopic (exact) mass is 291 g/mol. The second kappa shape index (κ2) is 6.61. The molecular weight excluding hydrogens is 270 g/mol. The van der Waals surface area contributed by atoms with Gasteiger partial charge in [0.15, 0.2) is 0 Å². The van der Waals surface area contributed by atoms with Crippen molar-refractivity contribution >= 4 is 11.9 Å². The van der Waals surface area contributed by atoms with Gasteiger partial charge >= 0.3 is 5.97 Å². The summed E-state index contributed by atoms with van der Waals surface area (Å²) < 4.78 is 10.1. The molecule has 0 saturated carbocycles. The fraction of sp³-hybridized carbons (Fsp3) is 0.500. The van der Waals surface area contributed by atoms with Crippen LogP contribution < -0.4 is 4.74 Å². The van der Waals surface area contributed by atoms with Crippen LogP contribution in [0.2, 0.25) is 0 Å². The van der Waals surface area contributed by atoms with Gasteiger partial charge in [-0.15, -0.1) is 0 Å². The minimum Gasteiger partial charge on any atom is -0.496 e. The second-order valence-electron chi connectivity index (χ2n) is 5.24. The molecule has 0 N–H and O–H groups in total. The molecule has 114 valence electrons. The van der Waals surface area contributed by atoms with E-state index in [2.05, 4.69) is 0 Å². The Balaban J connectivity index is 2.33. The van der Waals surface area contributed by atoms with Gasteiger partial charge in [-0.25, -0.2) is 4.79 Å². The fourth-order valence-corrected chi connectivity index (χ4v) is 2.70. The predicted octanol–water partition coefficient (Wildman–Crippen LogP) is 2.17. The molecule has 0 radical (unpaired) electrons. The fourth-order valence-electron chi connectivity index (χ4n) is 2.70. The molecule has 21 heavy (non-hydrogen) atoms. The smallest absolute Gasteiger partial charge is 0.328 e. The number of piperidine rings is 1. The van der Waals surface area contributed by atoms with Crippen molar-refractivity contribution in [3.05, 3.63) is 29.3 Å². The zero-order chi connectivity index (χ0) is 15.4. The third kappa shape index (κ3) is 3.17. The number of hydrogen-bond acceptors (Lipinski definition) is 4. The number of aryl methyl sites for hydroxylation is 1. The van der Waals surface area contributed by atoms with Crippen LogP contribution in [0.1, 0.15) is 35.2 Å². The minimum atomic E-state index is -0.499. The Morgan fingerprint density at radius 2 is 2.00 bits per heavy atom. The van der Waals surface area contributed by atoms with Gasteiger partial charge in [0.25, 0.3) is 5.91 Å². The van der Waals surface area contributed by atoms with E-state index >= 15 is 0 Å². The van der Waals surface area contributed by atoms with Gasteiger partial charge in [-0.3, -0.25) is 4.79 Å². The largest absolute Gasteiger partial charge is 0.496 e. The van der Waals surface area contributed by atoms with Crippen molar-refractivity contribution in [2.24, 2.45) is 0 Å². The highest BCUT2D eigenvalue weighted by Crippen LogP contribution is 2.26. The van der Waals surface area contributed by atoms with Gasteiger partial charge in [0.2, 0.25) is 0 Å². The molecular formula is C16H21NO4. The maximum absolute atomic E-state index is 12.8. The van der Waals surface area contributed by atoms with E-state index in [4.69, 9.17) is 9.47 Å². The molecule has 1 aromatic carbocycles. The van der Waals surface area contributed by atoms with E-state index < -0.39 is 6.04 Å². The summed E-state index contributed by atoms with van der Waals surface area (Å²) in [6, 6.07) is 4.97. The first-order valence-corrected chi connectivity index (χ1v) is 7.12.